The lowest BCUT2D eigenvalue weighted by Gasteiger charge is -2.41. The molecule has 1 unspecified atom stereocenters. The zero-order chi connectivity index (χ0) is 23.0. The van der Waals surface area contributed by atoms with Crippen LogP contribution in [0.3, 0.4) is 0 Å². The van der Waals surface area contributed by atoms with Gasteiger partial charge in [0.25, 0.3) is 0 Å². The molecule has 2 atom stereocenters. The lowest BCUT2D eigenvalue weighted by Crippen LogP contribution is -2.49. The van der Waals surface area contributed by atoms with Crippen molar-refractivity contribution in [1.29, 1.82) is 0 Å². The predicted molar refractivity (Wildman–Crippen MR) is 121 cm³/mol. The smallest absolute Gasteiger partial charge is 0.232 e. The maximum Gasteiger partial charge on any atom is 0.232 e. The first-order valence-corrected chi connectivity index (χ1v) is 11.2. The molecule has 1 aromatic rings. The number of aliphatic imine (C=N–C) groups is 1. The number of amides is 1. The van der Waals surface area contributed by atoms with E-state index in [0.29, 0.717) is 56.2 Å². The van der Waals surface area contributed by atoms with Crippen LogP contribution in [-0.4, -0.2) is 62.8 Å². The highest BCUT2D eigenvalue weighted by Crippen LogP contribution is 2.50. The zero-order valence-corrected chi connectivity index (χ0v) is 19.6. The van der Waals surface area contributed by atoms with E-state index in [1.54, 1.807) is 14.2 Å². The van der Waals surface area contributed by atoms with Crippen molar-refractivity contribution in [2.45, 2.75) is 39.5 Å². The monoisotopic (exact) mass is 440 g/mol. The van der Waals surface area contributed by atoms with E-state index in [1.165, 1.54) is 0 Å². The number of carbonyl (C=O) groups is 2. The molecule has 1 aromatic carbocycles. The maximum atomic E-state index is 13.8. The van der Waals surface area contributed by atoms with Crippen LogP contribution in [0.4, 0.5) is 0 Å². The summed E-state index contributed by atoms with van der Waals surface area (Å²) in [6.07, 6.45) is 1.15. The van der Waals surface area contributed by atoms with Gasteiger partial charge in [-0.1, -0.05) is 19.9 Å². The third kappa shape index (κ3) is 4.06. The molecule has 0 saturated carbocycles. The molecule has 172 valence electrons. The molecule has 1 aliphatic carbocycles. The van der Waals surface area contributed by atoms with E-state index in [-0.39, 0.29) is 17.1 Å². The van der Waals surface area contributed by atoms with Crippen molar-refractivity contribution >= 4 is 17.4 Å². The van der Waals surface area contributed by atoms with Crippen LogP contribution in [0.5, 0.6) is 11.5 Å². The van der Waals surface area contributed by atoms with Crippen molar-refractivity contribution in [2.75, 3.05) is 40.5 Å². The fraction of sp³-hybridized carbons (Fsp3) is 0.560. The van der Waals surface area contributed by atoms with Crippen molar-refractivity contribution in [1.82, 2.24) is 4.90 Å². The predicted octanol–water partition coefficient (Wildman–Crippen LogP) is 3.38. The van der Waals surface area contributed by atoms with Crippen molar-refractivity contribution in [3.8, 4) is 11.5 Å². The molecule has 0 bridgehead atoms. The number of Topliss-reactive ketones (excluding diaryl/α,β-unsaturated/α-hetero) is 1. The zero-order valence-electron chi connectivity index (χ0n) is 19.6. The Balaban J connectivity index is 1.87. The lowest BCUT2D eigenvalue weighted by molar-refractivity contribution is -0.138. The molecule has 2 aliphatic heterocycles. The van der Waals surface area contributed by atoms with E-state index in [9.17, 15) is 9.59 Å². The van der Waals surface area contributed by atoms with Crippen LogP contribution < -0.4 is 9.47 Å². The maximum absolute atomic E-state index is 13.8. The Morgan fingerprint density at radius 1 is 1.16 bits per heavy atom. The molecule has 0 radical (unpaired) electrons. The molecule has 1 fully saturated rings. The van der Waals surface area contributed by atoms with Gasteiger partial charge in [-0.3, -0.25) is 14.6 Å². The largest absolute Gasteiger partial charge is 0.497 e. The van der Waals surface area contributed by atoms with Gasteiger partial charge in [-0.05, 0) is 24.8 Å². The Kier molecular flexibility index (Phi) is 6.12. The van der Waals surface area contributed by atoms with Gasteiger partial charge in [0.15, 0.2) is 5.78 Å². The minimum atomic E-state index is -0.556. The van der Waals surface area contributed by atoms with E-state index in [0.717, 1.165) is 17.0 Å². The third-order valence-corrected chi connectivity index (χ3v) is 6.67. The number of rotatable bonds is 4. The summed E-state index contributed by atoms with van der Waals surface area (Å²) >= 11 is 0. The summed E-state index contributed by atoms with van der Waals surface area (Å²) in [6, 6.07) is 5.58. The number of ether oxygens (including phenoxy) is 3. The van der Waals surface area contributed by atoms with Crippen molar-refractivity contribution in [3.05, 3.63) is 35.0 Å². The molecule has 0 aromatic heterocycles. The van der Waals surface area contributed by atoms with Gasteiger partial charge < -0.3 is 19.1 Å². The van der Waals surface area contributed by atoms with Gasteiger partial charge >= 0.3 is 0 Å². The number of nitrogens with zero attached hydrogens (tertiary/aromatic N) is 2. The summed E-state index contributed by atoms with van der Waals surface area (Å²) in [4.78, 5) is 33.9. The second kappa shape index (κ2) is 8.70. The fourth-order valence-electron chi connectivity index (χ4n) is 5.16. The van der Waals surface area contributed by atoms with Gasteiger partial charge in [0.05, 0.1) is 33.4 Å². The number of carbonyl (C=O) groups excluding carboxylic acids is 2. The second-order valence-electron chi connectivity index (χ2n) is 9.56. The van der Waals surface area contributed by atoms with E-state index in [4.69, 9.17) is 19.2 Å². The van der Waals surface area contributed by atoms with Gasteiger partial charge in [-0.2, -0.15) is 0 Å². The molecule has 3 aliphatic rings. The van der Waals surface area contributed by atoms with E-state index >= 15 is 0 Å². The second-order valence-corrected chi connectivity index (χ2v) is 9.56. The molecule has 4 rings (SSSR count). The Morgan fingerprint density at radius 2 is 1.88 bits per heavy atom. The third-order valence-electron chi connectivity index (χ3n) is 6.67. The molecular weight excluding hydrogens is 408 g/mol. The van der Waals surface area contributed by atoms with Gasteiger partial charge in [-0.25, -0.2) is 0 Å². The number of methoxy groups -OCH3 is 2. The Labute approximate surface area is 189 Å². The molecule has 1 amide bonds. The SMILES string of the molecule is COc1ccc([C@@H]2C3=C(CC(C)(C)CC3=O)N=C(C)C2C(=O)N2CCOCC2)c(OC)c1. The quantitative estimate of drug-likeness (QED) is 0.717. The molecule has 32 heavy (non-hydrogen) atoms. The minimum Gasteiger partial charge on any atom is -0.497 e. The average molecular weight is 441 g/mol. The van der Waals surface area contributed by atoms with Crippen LogP contribution in [0, 0.1) is 11.3 Å². The summed E-state index contributed by atoms with van der Waals surface area (Å²) in [6.45, 7) is 8.21. The van der Waals surface area contributed by atoms with E-state index in [2.05, 4.69) is 13.8 Å². The number of morpholine rings is 1. The highest BCUT2D eigenvalue weighted by atomic mass is 16.5. The van der Waals surface area contributed by atoms with Crippen molar-refractivity contribution < 1.29 is 23.8 Å². The molecular formula is C25H32N2O5. The highest BCUT2D eigenvalue weighted by Gasteiger charge is 2.47. The van der Waals surface area contributed by atoms with Crippen LogP contribution in [0.2, 0.25) is 0 Å². The van der Waals surface area contributed by atoms with Crippen molar-refractivity contribution in [3.63, 3.8) is 0 Å². The first-order valence-electron chi connectivity index (χ1n) is 11.2. The van der Waals surface area contributed by atoms with Crippen LogP contribution in [0.1, 0.15) is 45.1 Å². The minimum absolute atomic E-state index is 0.0124. The molecule has 1 saturated heterocycles. The van der Waals surface area contributed by atoms with E-state index < -0.39 is 11.8 Å². The average Bonchev–Trinajstić information content (AvgIpc) is 2.77. The number of ketones is 1. The normalized spacial score (nSPS) is 25.2. The topological polar surface area (TPSA) is 77.4 Å². The van der Waals surface area contributed by atoms with Crippen LogP contribution in [-0.2, 0) is 14.3 Å². The van der Waals surface area contributed by atoms with Gasteiger partial charge in [0, 0.05) is 54.0 Å². The van der Waals surface area contributed by atoms with Crippen molar-refractivity contribution in [2.24, 2.45) is 16.3 Å². The Morgan fingerprint density at radius 3 is 2.53 bits per heavy atom. The summed E-state index contributed by atoms with van der Waals surface area (Å²) < 4.78 is 16.5. The Hall–Kier alpha value is -2.67. The van der Waals surface area contributed by atoms with E-state index in [1.807, 2.05) is 30.0 Å². The first kappa shape index (κ1) is 22.5. The number of hydrogen-bond acceptors (Lipinski definition) is 6. The number of benzene rings is 1. The van der Waals surface area contributed by atoms with Gasteiger partial charge in [0.1, 0.15) is 11.5 Å². The first-order chi connectivity index (χ1) is 15.3. The lowest BCUT2D eigenvalue weighted by atomic mass is 9.66. The number of allylic oxidation sites excluding steroid dienone is 2. The standard InChI is InChI=1S/C25H32N2O5/c1-15-21(24(29)27-8-10-32-11-9-27)22(17-7-6-16(30-4)12-20(17)31-5)23-18(26-15)13-25(2,3)14-19(23)28/h6-7,12,21-22H,8-11,13-14H2,1-5H3/t21?,22-/m0/s1. The Bertz CT molecular complexity index is 988. The van der Waals surface area contributed by atoms with Crippen LogP contribution >= 0.6 is 0 Å². The summed E-state index contributed by atoms with van der Waals surface area (Å²) in [5.74, 6) is 0.319. The van der Waals surface area contributed by atoms with Gasteiger partial charge in [0.2, 0.25) is 5.91 Å². The van der Waals surface area contributed by atoms with Crippen LogP contribution in [0.15, 0.2) is 34.5 Å². The molecule has 7 nitrogen and oxygen atoms in total. The molecule has 0 N–H and O–H groups in total. The summed E-state index contributed by atoms with van der Waals surface area (Å²) in [5.41, 5.74) is 2.86. The molecule has 2 heterocycles. The van der Waals surface area contributed by atoms with Crippen LogP contribution in [0.25, 0.3) is 0 Å². The summed E-state index contributed by atoms with van der Waals surface area (Å²) in [5, 5.41) is 0. The number of hydrogen-bond donors (Lipinski definition) is 0. The van der Waals surface area contributed by atoms with Gasteiger partial charge in [-0.15, -0.1) is 0 Å². The fourth-order valence-corrected chi connectivity index (χ4v) is 5.16. The molecule has 7 heteroatoms. The molecule has 0 spiro atoms. The highest BCUT2D eigenvalue weighted by molar-refractivity contribution is 6.10. The summed E-state index contributed by atoms with van der Waals surface area (Å²) in [7, 11) is 3.20.